The molecule has 3 unspecified atom stereocenters. The van der Waals surface area contributed by atoms with Gasteiger partial charge in [-0.25, -0.2) is 4.79 Å². The van der Waals surface area contributed by atoms with Gasteiger partial charge < -0.3 is 14.9 Å². The van der Waals surface area contributed by atoms with Crippen LogP contribution in [-0.4, -0.2) is 34.2 Å². The van der Waals surface area contributed by atoms with E-state index >= 15 is 0 Å². The van der Waals surface area contributed by atoms with Crippen molar-refractivity contribution in [2.24, 2.45) is 11.3 Å². The molecule has 0 spiro atoms. The van der Waals surface area contributed by atoms with Crippen molar-refractivity contribution >= 4 is 17.9 Å². The molecule has 2 N–H and O–H groups in total. The molecule has 0 saturated heterocycles. The van der Waals surface area contributed by atoms with Crippen LogP contribution in [-0.2, 0) is 19.1 Å². The van der Waals surface area contributed by atoms with Crippen molar-refractivity contribution in [1.29, 1.82) is 0 Å². The van der Waals surface area contributed by atoms with E-state index in [9.17, 15) is 24.6 Å². The average molecular weight is 282 g/mol. The van der Waals surface area contributed by atoms with Crippen LogP contribution in [0.15, 0.2) is 24.3 Å². The second kappa shape index (κ2) is 5.90. The fourth-order valence-corrected chi connectivity index (χ4v) is 2.40. The van der Waals surface area contributed by atoms with E-state index in [-0.39, 0.29) is 12.0 Å². The Balaban J connectivity index is 3.19. The highest BCUT2D eigenvalue weighted by atomic mass is 16.5. The maximum atomic E-state index is 11.7. The number of aliphatic carboxylic acids is 2. The van der Waals surface area contributed by atoms with Gasteiger partial charge in [-0.05, 0) is 26.7 Å². The van der Waals surface area contributed by atoms with E-state index in [0.29, 0.717) is 6.42 Å². The first-order chi connectivity index (χ1) is 9.23. The minimum absolute atomic E-state index is 0.129. The number of carboxylic acids is 2. The molecule has 0 aromatic rings. The Hall–Kier alpha value is -2.11. The van der Waals surface area contributed by atoms with Crippen LogP contribution in [0, 0.1) is 11.3 Å². The second-order valence-corrected chi connectivity index (χ2v) is 4.94. The van der Waals surface area contributed by atoms with Crippen molar-refractivity contribution in [2.75, 3.05) is 0 Å². The van der Waals surface area contributed by atoms with E-state index in [1.165, 1.54) is 19.9 Å². The van der Waals surface area contributed by atoms with E-state index in [1.807, 2.05) is 0 Å². The third kappa shape index (κ3) is 2.74. The number of carboxylic acid groups (broad SMARTS) is 2. The quantitative estimate of drug-likeness (QED) is 0.451. The monoisotopic (exact) mass is 282 g/mol. The molecule has 20 heavy (non-hydrogen) atoms. The van der Waals surface area contributed by atoms with Gasteiger partial charge in [0.05, 0.1) is 5.92 Å². The number of ether oxygens (including phenoxy) is 1. The van der Waals surface area contributed by atoms with Gasteiger partial charge in [0.1, 0.15) is 11.5 Å². The summed E-state index contributed by atoms with van der Waals surface area (Å²) in [6.45, 7) is 6.25. The van der Waals surface area contributed by atoms with Crippen molar-refractivity contribution in [3.8, 4) is 0 Å². The molecule has 0 aromatic carbocycles. The van der Waals surface area contributed by atoms with Gasteiger partial charge in [0, 0.05) is 5.57 Å². The lowest BCUT2D eigenvalue weighted by Gasteiger charge is -2.38. The first kappa shape index (κ1) is 15.9. The summed E-state index contributed by atoms with van der Waals surface area (Å²) < 4.78 is 5.06. The molecule has 1 aliphatic carbocycles. The summed E-state index contributed by atoms with van der Waals surface area (Å²) in [6, 6.07) is 0. The zero-order valence-corrected chi connectivity index (χ0v) is 11.5. The molecule has 0 radical (unpaired) electrons. The molecule has 0 aliphatic heterocycles. The van der Waals surface area contributed by atoms with Crippen LogP contribution in [0.4, 0.5) is 0 Å². The van der Waals surface area contributed by atoms with Crippen LogP contribution in [0.1, 0.15) is 26.7 Å². The highest BCUT2D eigenvalue weighted by Gasteiger charge is 2.54. The third-order valence-electron chi connectivity index (χ3n) is 3.57. The number of allylic oxidation sites excluding steroid dienone is 1. The molecule has 0 bridgehead atoms. The molecule has 6 nitrogen and oxygen atoms in total. The SMILES string of the molecule is C=C(C)C(=O)OC(C)C1(C(=O)O)C=CCCC1C(=O)O. The van der Waals surface area contributed by atoms with Crippen LogP contribution in [0.2, 0.25) is 0 Å². The highest BCUT2D eigenvalue weighted by molar-refractivity contribution is 5.89. The summed E-state index contributed by atoms with van der Waals surface area (Å²) in [7, 11) is 0. The third-order valence-corrected chi connectivity index (χ3v) is 3.57. The minimum atomic E-state index is -1.75. The van der Waals surface area contributed by atoms with Gasteiger partial charge in [-0.2, -0.15) is 0 Å². The maximum Gasteiger partial charge on any atom is 0.333 e. The maximum absolute atomic E-state index is 11.7. The summed E-state index contributed by atoms with van der Waals surface area (Å²) in [5.74, 6) is -4.41. The van der Waals surface area contributed by atoms with Gasteiger partial charge in [0.2, 0.25) is 0 Å². The highest BCUT2D eigenvalue weighted by Crippen LogP contribution is 2.42. The number of esters is 1. The molecule has 0 saturated carbocycles. The van der Waals surface area contributed by atoms with Gasteiger partial charge in [-0.3, -0.25) is 9.59 Å². The van der Waals surface area contributed by atoms with E-state index in [2.05, 4.69) is 6.58 Å². The summed E-state index contributed by atoms with van der Waals surface area (Å²) in [5, 5.41) is 18.8. The fraction of sp³-hybridized carbons (Fsp3) is 0.500. The van der Waals surface area contributed by atoms with Gasteiger partial charge in [-0.15, -0.1) is 0 Å². The molecule has 0 heterocycles. The Labute approximate surface area is 116 Å². The number of hydrogen-bond donors (Lipinski definition) is 2. The first-order valence-corrected chi connectivity index (χ1v) is 6.23. The number of hydrogen-bond acceptors (Lipinski definition) is 4. The van der Waals surface area contributed by atoms with Crippen LogP contribution < -0.4 is 0 Å². The normalized spacial score (nSPS) is 26.6. The second-order valence-electron chi connectivity index (χ2n) is 4.94. The van der Waals surface area contributed by atoms with E-state index in [0.717, 1.165) is 0 Å². The zero-order chi connectivity index (χ0) is 15.5. The molecule has 0 aromatic heterocycles. The molecule has 1 aliphatic rings. The van der Waals surface area contributed by atoms with Crippen molar-refractivity contribution in [3.63, 3.8) is 0 Å². The minimum Gasteiger partial charge on any atom is -0.481 e. The number of rotatable bonds is 5. The lowest BCUT2D eigenvalue weighted by atomic mass is 9.66. The lowest BCUT2D eigenvalue weighted by molar-refractivity contribution is -0.174. The molecule has 110 valence electrons. The van der Waals surface area contributed by atoms with Gasteiger partial charge in [0.15, 0.2) is 0 Å². The van der Waals surface area contributed by atoms with E-state index < -0.39 is 35.3 Å². The molecular formula is C14H18O6. The summed E-state index contributed by atoms with van der Waals surface area (Å²) >= 11 is 0. The Morgan fingerprint density at radius 1 is 1.40 bits per heavy atom. The zero-order valence-electron chi connectivity index (χ0n) is 11.5. The fourth-order valence-electron chi connectivity index (χ4n) is 2.40. The van der Waals surface area contributed by atoms with Gasteiger partial charge in [0.25, 0.3) is 0 Å². The van der Waals surface area contributed by atoms with Crippen molar-refractivity contribution in [3.05, 3.63) is 24.3 Å². The van der Waals surface area contributed by atoms with E-state index in [1.54, 1.807) is 6.08 Å². The predicted molar refractivity (Wildman–Crippen MR) is 69.9 cm³/mol. The van der Waals surface area contributed by atoms with Crippen molar-refractivity contribution in [1.82, 2.24) is 0 Å². The number of carbonyl (C=O) groups is 3. The topological polar surface area (TPSA) is 101 Å². The van der Waals surface area contributed by atoms with Crippen LogP contribution in [0.25, 0.3) is 0 Å². The Morgan fingerprint density at radius 2 is 2.00 bits per heavy atom. The van der Waals surface area contributed by atoms with Crippen molar-refractivity contribution in [2.45, 2.75) is 32.8 Å². The van der Waals surface area contributed by atoms with Crippen LogP contribution >= 0.6 is 0 Å². The summed E-state index contributed by atoms with van der Waals surface area (Å²) in [4.78, 5) is 34.5. The number of carbonyl (C=O) groups excluding carboxylic acids is 1. The van der Waals surface area contributed by atoms with Crippen LogP contribution in [0.5, 0.6) is 0 Å². The summed E-state index contributed by atoms with van der Waals surface area (Å²) in [5.41, 5.74) is -1.63. The average Bonchev–Trinajstić information content (AvgIpc) is 2.37. The first-order valence-electron chi connectivity index (χ1n) is 6.23. The summed E-state index contributed by atoms with van der Waals surface area (Å²) in [6.07, 6.45) is 2.49. The lowest BCUT2D eigenvalue weighted by Crippen LogP contribution is -2.51. The smallest absolute Gasteiger partial charge is 0.333 e. The standard InChI is InChI=1S/C14H18O6/c1-8(2)12(17)20-9(3)14(13(18)19)7-5-4-6-10(14)11(15)16/h5,7,9-10H,1,4,6H2,2-3H3,(H,15,16)(H,18,19). The van der Waals surface area contributed by atoms with Gasteiger partial charge in [-0.1, -0.05) is 18.7 Å². The van der Waals surface area contributed by atoms with Crippen molar-refractivity contribution < 1.29 is 29.3 Å². The Bertz CT molecular complexity index is 478. The van der Waals surface area contributed by atoms with Gasteiger partial charge >= 0.3 is 17.9 Å². The molecule has 6 heteroatoms. The predicted octanol–water partition coefficient (Wildman–Crippen LogP) is 1.62. The molecule has 0 amide bonds. The molecule has 3 atom stereocenters. The molecule has 1 rings (SSSR count). The van der Waals surface area contributed by atoms with Crippen LogP contribution in [0.3, 0.4) is 0 Å². The molecule has 0 fully saturated rings. The van der Waals surface area contributed by atoms with E-state index in [4.69, 9.17) is 4.74 Å². The molecular weight excluding hydrogens is 264 g/mol. The Morgan fingerprint density at radius 3 is 2.45 bits per heavy atom. The largest absolute Gasteiger partial charge is 0.481 e. The Kier molecular flexibility index (Phi) is 4.70.